The van der Waals surface area contributed by atoms with Crippen LogP contribution >= 0.6 is 0 Å². The maximum atomic E-state index is 11.6. The normalized spacial score (nSPS) is 20.2. The second-order valence-electron chi connectivity index (χ2n) is 5.52. The Hall–Kier alpha value is -2.00. The first-order valence-electron chi connectivity index (χ1n) is 7.42. The molecule has 0 N–H and O–H groups in total. The fourth-order valence-corrected chi connectivity index (χ4v) is 2.78. The molecule has 1 aromatic rings. The van der Waals surface area contributed by atoms with E-state index < -0.39 is 0 Å². The van der Waals surface area contributed by atoms with Crippen molar-refractivity contribution in [3.05, 3.63) is 16.4 Å². The second-order valence-corrected chi connectivity index (χ2v) is 5.52. The number of hydrogen-bond acceptors (Lipinski definition) is 8. The Morgan fingerprint density at radius 1 is 1.05 bits per heavy atom. The van der Waals surface area contributed by atoms with E-state index in [2.05, 4.69) is 14.9 Å². The first-order valence-corrected chi connectivity index (χ1v) is 7.42. The lowest BCUT2D eigenvalue weighted by Crippen LogP contribution is -2.45. The van der Waals surface area contributed by atoms with Crippen LogP contribution < -0.4 is 9.80 Å². The third-order valence-corrected chi connectivity index (χ3v) is 4.08. The molecule has 0 atom stereocenters. The Balaban J connectivity index is 1.94. The quantitative estimate of drug-likeness (QED) is 0.568. The summed E-state index contributed by atoms with van der Waals surface area (Å²) in [6, 6.07) is 0. The molecular weight excluding hydrogens is 288 g/mol. The third-order valence-electron chi connectivity index (χ3n) is 4.08. The van der Waals surface area contributed by atoms with Gasteiger partial charge >= 0.3 is 5.69 Å². The summed E-state index contributed by atoms with van der Waals surface area (Å²) in [5.41, 5.74) is 0.00829. The standard InChI is InChI=1S/C13H20N6O3/c1-16-2-4-17(5-3-16)12-11(19(20)21)13(15-10-14-12)18-6-8-22-9-7-18/h10H,2-9H2,1H3. The number of nitro groups is 1. The smallest absolute Gasteiger partial charge is 0.353 e. The van der Waals surface area contributed by atoms with Crippen LogP contribution in [0.25, 0.3) is 0 Å². The zero-order valence-electron chi connectivity index (χ0n) is 12.6. The van der Waals surface area contributed by atoms with Crippen molar-refractivity contribution >= 4 is 17.3 Å². The zero-order chi connectivity index (χ0) is 15.5. The lowest BCUT2D eigenvalue weighted by Gasteiger charge is -2.33. The fraction of sp³-hybridized carbons (Fsp3) is 0.692. The molecule has 9 heteroatoms. The van der Waals surface area contributed by atoms with Crippen LogP contribution in [0, 0.1) is 10.1 Å². The van der Waals surface area contributed by atoms with Crippen molar-refractivity contribution in [3.63, 3.8) is 0 Å². The number of likely N-dealkylation sites (N-methyl/N-ethyl adjacent to an activating group) is 1. The molecule has 3 rings (SSSR count). The summed E-state index contributed by atoms with van der Waals surface area (Å²) in [6.07, 6.45) is 1.42. The minimum atomic E-state index is -0.363. The van der Waals surface area contributed by atoms with Gasteiger partial charge in [-0.3, -0.25) is 10.1 Å². The summed E-state index contributed by atoms with van der Waals surface area (Å²) in [7, 11) is 2.05. The molecule has 1 aromatic heterocycles. The summed E-state index contributed by atoms with van der Waals surface area (Å²) in [4.78, 5) is 25.7. The molecule has 0 unspecified atom stereocenters. The van der Waals surface area contributed by atoms with Gasteiger partial charge in [-0.15, -0.1) is 0 Å². The van der Waals surface area contributed by atoms with Crippen molar-refractivity contribution in [2.24, 2.45) is 0 Å². The van der Waals surface area contributed by atoms with E-state index in [-0.39, 0.29) is 10.6 Å². The molecule has 2 fully saturated rings. The van der Waals surface area contributed by atoms with Crippen molar-refractivity contribution in [3.8, 4) is 0 Å². The van der Waals surface area contributed by atoms with Gasteiger partial charge in [0.1, 0.15) is 6.33 Å². The molecule has 2 aliphatic heterocycles. The van der Waals surface area contributed by atoms with Crippen molar-refractivity contribution in [2.75, 3.05) is 69.3 Å². The van der Waals surface area contributed by atoms with E-state index in [0.29, 0.717) is 37.9 Å². The van der Waals surface area contributed by atoms with Crippen LogP contribution in [-0.4, -0.2) is 79.3 Å². The van der Waals surface area contributed by atoms with E-state index >= 15 is 0 Å². The molecule has 0 bridgehead atoms. The largest absolute Gasteiger partial charge is 0.378 e. The highest BCUT2D eigenvalue weighted by Crippen LogP contribution is 2.34. The predicted octanol–water partition coefficient (Wildman–Crippen LogP) is -0.0268. The summed E-state index contributed by atoms with van der Waals surface area (Å²) >= 11 is 0. The van der Waals surface area contributed by atoms with Crippen LogP contribution in [0.3, 0.4) is 0 Å². The van der Waals surface area contributed by atoms with Gasteiger partial charge in [0.05, 0.1) is 18.1 Å². The van der Waals surface area contributed by atoms with Gasteiger partial charge in [-0.25, -0.2) is 9.97 Å². The number of piperazine rings is 1. The van der Waals surface area contributed by atoms with Crippen molar-refractivity contribution in [2.45, 2.75) is 0 Å². The van der Waals surface area contributed by atoms with Crippen LogP contribution in [0.1, 0.15) is 0 Å². The van der Waals surface area contributed by atoms with Gasteiger partial charge in [0.2, 0.25) is 11.6 Å². The highest BCUT2D eigenvalue weighted by molar-refractivity contribution is 5.71. The second kappa shape index (κ2) is 6.41. The molecule has 0 radical (unpaired) electrons. The Labute approximate surface area is 128 Å². The highest BCUT2D eigenvalue weighted by Gasteiger charge is 2.31. The lowest BCUT2D eigenvalue weighted by atomic mass is 10.3. The maximum absolute atomic E-state index is 11.6. The van der Waals surface area contributed by atoms with E-state index in [1.54, 1.807) is 0 Å². The lowest BCUT2D eigenvalue weighted by molar-refractivity contribution is -0.383. The minimum Gasteiger partial charge on any atom is -0.378 e. The minimum absolute atomic E-state index is 0.00829. The Bertz CT molecular complexity index is 541. The molecule has 22 heavy (non-hydrogen) atoms. The monoisotopic (exact) mass is 308 g/mol. The van der Waals surface area contributed by atoms with E-state index in [0.717, 1.165) is 26.2 Å². The van der Waals surface area contributed by atoms with Gasteiger partial charge in [0.25, 0.3) is 0 Å². The van der Waals surface area contributed by atoms with Crippen LogP contribution in [-0.2, 0) is 4.74 Å². The average Bonchev–Trinajstić information content (AvgIpc) is 2.55. The molecule has 3 heterocycles. The van der Waals surface area contributed by atoms with Crippen molar-refractivity contribution in [1.82, 2.24) is 14.9 Å². The summed E-state index contributed by atoms with van der Waals surface area (Å²) in [6.45, 7) is 5.55. The molecule has 2 aliphatic rings. The van der Waals surface area contributed by atoms with Crippen LogP contribution in [0.4, 0.5) is 17.3 Å². The van der Waals surface area contributed by atoms with E-state index in [4.69, 9.17) is 4.74 Å². The Morgan fingerprint density at radius 2 is 1.59 bits per heavy atom. The maximum Gasteiger partial charge on any atom is 0.353 e. The van der Waals surface area contributed by atoms with Gasteiger partial charge in [0, 0.05) is 39.3 Å². The molecule has 0 amide bonds. The Morgan fingerprint density at radius 3 is 2.14 bits per heavy atom. The fourth-order valence-electron chi connectivity index (χ4n) is 2.78. The molecule has 9 nitrogen and oxygen atoms in total. The SMILES string of the molecule is CN1CCN(c2ncnc(N3CCOCC3)c2[N+](=O)[O-])CC1. The van der Waals surface area contributed by atoms with E-state index in [1.165, 1.54) is 6.33 Å². The molecule has 0 aliphatic carbocycles. The van der Waals surface area contributed by atoms with Gasteiger partial charge in [-0.1, -0.05) is 0 Å². The number of anilines is 2. The summed E-state index contributed by atoms with van der Waals surface area (Å²) < 4.78 is 5.31. The highest BCUT2D eigenvalue weighted by atomic mass is 16.6. The van der Waals surface area contributed by atoms with Gasteiger partial charge < -0.3 is 19.4 Å². The molecule has 120 valence electrons. The first-order chi connectivity index (χ1) is 10.7. The summed E-state index contributed by atoms with van der Waals surface area (Å²) in [5, 5.41) is 11.6. The average molecular weight is 308 g/mol. The van der Waals surface area contributed by atoms with Gasteiger partial charge in [0.15, 0.2) is 0 Å². The van der Waals surface area contributed by atoms with Crippen LogP contribution in [0.5, 0.6) is 0 Å². The molecule has 0 saturated carbocycles. The predicted molar refractivity (Wildman–Crippen MR) is 81.4 cm³/mol. The topological polar surface area (TPSA) is 87.9 Å². The number of aromatic nitrogens is 2. The Kier molecular flexibility index (Phi) is 4.34. The third kappa shape index (κ3) is 2.95. The van der Waals surface area contributed by atoms with E-state index in [1.807, 2.05) is 16.8 Å². The van der Waals surface area contributed by atoms with Crippen molar-refractivity contribution < 1.29 is 9.66 Å². The number of rotatable bonds is 3. The molecule has 0 aromatic carbocycles. The van der Waals surface area contributed by atoms with E-state index in [9.17, 15) is 10.1 Å². The molecule has 2 saturated heterocycles. The van der Waals surface area contributed by atoms with Gasteiger partial charge in [-0.05, 0) is 7.05 Å². The number of hydrogen-bond donors (Lipinski definition) is 0. The molecular formula is C13H20N6O3. The number of ether oxygens (including phenoxy) is 1. The summed E-state index contributed by atoms with van der Waals surface area (Å²) in [5.74, 6) is 0.826. The zero-order valence-corrected chi connectivity index (χ0v) is 12.6. The number of nitrogens with zero attached hydrogens (tertiary/aromatic N) is 6. The van der Waals surface area contributed by atoms with Crippen molar-refractivity contribution in [1.29, 1.82) is 0 Å². The van der Waals surface area contributed by atoms with Gasteiger partial charge in [-0.2, -0.15) is 0 Å². The van der Waals surface area contributed by atoms with Crippen LogP contribution in [0.15, 0.2) is 6.33 Å². The first kappa shape index (κ1) is 14.9. The number of morpholine rings is 1. The molecule has 0 spiro atoms. The van der Waals surface area contributed by atoms with Crippen LogP contribution in [0.2, 0.25) is 0 Å².